The van der Waals surface area contributed by atoms with Gasteiger partial charge in [-0.2, -0.15) is 0 Å². The van der Waals surface area contributed by atoms with Gasteiger partial charge in [-0.3, -0.25) is 9.80 Å². The topological polar surface area (TPSA) is 70.1 Å². The molecule has 0 aromatic heterocycles. The lowest BCUT2D eigenvalue weighted by molar-refractivity contribution is -0.145. The van der Waals surface area contributed by atoms with Gasteiger partial charge in [0.1, 0.15) is 11.6 Å². The van der Waals surface area contributed by atoms with E-state index in [0.29, 0.717) is 24.7 Å². The number of carboxylic acid groups (broad SMARTS) is 1. The molecule has 1 aliphatic rings. The predicted molar refractivity (Wildman–Crippen MR) is 98.3 cm³/mol. The van der Waals surface area contributed by atoms with Gasteiger partial charge in [0.05, 0.1) is 0 Å². The minimum atomic E-state index is -1.04. The lowest BCUT2D eigenvalue weighted by Gasteiger charge is -2.39. The fraction of sp³-hybridized carbons (Fsp3) is 0.529. The summed E-state index contributed by atoms with van der Waals surface area (Å²) in [7, 11) is 0. The molecule has 25 heavy (non-hydrogen) atoms. The summed E-state index contributed by atoms with van der Waals surface area (Å²) in [6.07, 6.45) is -0.590. The summed E-state index contributed by atoms with van der Waals surface area (Å²) in [6.45, 7) is 6.92. The molecule has 1 aromatic carbocycles. The SMILES string of the molecule is CC(C)(C)OC(=O)N1CCN(Cc2ccccc2Cl)CC1C(=O)O.Cl. The van der Waals surface area contributed by atoms with Crippen LogP contribution in [0.5, 0.6) is 0 Å². The third-order valence-electron chi connectivity index (χ3n) is 3.73. The zero-order valence-corrected chi connectivity index (χ0v) is 16.1. The summed E-state index contributed by atoms with van der Waals surface area (Å²) >= 11 is 6.17. The number of halogens is 2. The largest absolute Gasteiger partial charge is 0.480 e. The number of amides is 1. The van der Waals surface area contributed by atoms with Crippen molar-refractivity contribution < 1.29 is 19.4 Å². The van der Waals surface area contributed by atoms with Crippen LogP contribution in [-0.2, 0) is 16.1 Å². The molecule has 1 fully saturated rings. The van der Waals surface area contributed by atoms with Crippen molar-refractivity contribution in [3.05, 3.63) is 34.9 Å². The molecule has 0 aliphatic carbocycles. The lowest BCUT2D eigenvalue weighted by atomic mass is 10.1. The summed E-state index contributed by atoms with van der Waals surface area (Å²) < 4.78 is 5.31. The number of hydrogen-bond donors (Lipinski definition) is 1. The molecule has 8 heteroatoms. The van der Waals surface area contributed by atoms with E-state index in [-0.39, 0.29) is 19.0 Å². The molecule has 1 unspecified atom stereocenters. The van der Waals surface area contributed by atoms with E-state index in [0.717, 1.165) is 5.56 Å². The molecule has 140 valence electrons. The van der Waals surface area contributed by atoms with Gasteiger partial charge in [-0.15, -0.1) is 12.4 Å². The number of rotatable bonds is 3. The molecule has 1 atom stereocenters. The van der Waals surface area contributed by atoms with E-state index in [4.69, 9.17) is 16.3 Å². The minimum absolute atomic E-state index is 0. The molecule has 1 aromatic rings. The molecule has 1 saturated heterocycles. The van der Waals surface area contributed by atoms with E-state index < -0.39 is 23.7 Å². The number of carbonyl (C=O) groups is 2. The van der Waals surface area contributed by atoms with Crippen LogP contribution in [0.2, 0.25) is 5.02 Å². The Labute approximate surface area is 159 Å². The lowest BCUT2D eigenvalue weighted by Crippen LogP contribution is -2.58. The van der Waals surface area contributed by atoms with Crippen LogP contribution in [0.3, 0.4) is 0 Å². The van der Waals surface area contributed by atoms with Gasteiger partial charge < -0.3 is 9.84 Å². The standard InChI is InChI=1S/C17H23ClN2O4.ClH/c1-17(2,3)24-16(23)20-9-8-19(11-14(20)15(21)22)10-12-6-4-5-7-13(12)18;/h4-7,14H,8-11H2,1-3H3,(H,21,22);1H. The van der Waals surface area contributed by atoms with Gasteiger partial charge in [-0.1, -0.05) is 29.8 Å². The van der Waals surface area contributed by atoms with Crippen LogP contribution >= 0.6 is 24.0 Å². The third kappa shape index (κ3) is 6.06. The molecule has 1 aliphatic heterocycles. The van der Waals surface area contributed by atoms with E-state index in [1.165, 1.54) is 4.90 Å². The average Bonchev–Trinajstić information content (AvgIpc) is 2.47. The number of benzene rings is 1. The number of nitrogens with zero attached hydrogens (tertiary/aromatic N) is 2. The predicted octanol–water partition coefficient (Wildman–Crippen LogP) is 3.27. The Morgan fingerprint density at radius 3 is 2.48 bits per heavy atom. The van der Waals surface area contributed by atoms with Gasteiger partial charge in [-0.25, -0.2) is 9.59 Å². The molecule has 0 bridgehead atoms. The van der Waals surface area contributed by atoms with Gasteiger partial charge in [0, 0.05) is 31.2 Å². The van der Waals surface area contributed by atoms with Crippen molar-refractivity contribution >= 4 is 36.1 Å². The Morgan fingerprint density at radius 2 is 1.92 bits per heavy atom. The van der Waals surface area contributed by atoms with E-state index in [1.807, 2.05) is 29.2 Å². The molecule has 2 rings (SSSR count). The summed E-state index contributed by atoms with van der Waals surface area (Å²) in [6, 6.07) is 6.54. The van der Waals surface area contributed by atoms with Crippen molar-refractivity contribution in [2.75, 3.05) is 19.6 Å². The number of ether oxygens (including phenoxy) is 1. The van der Waals surface area contributed by atoms with Crippen LogP contribution < -0.4 is 0 Å². The van der Waals surface area contributed by atoms with Crippen molar-refractivity contribution in [3.8, 4) is 0 Å². The Bertz CT molecular complexity index is 619. The number of hydrogen-bond acceptors (Lipinski definition) is 4. The third-order valence-corrected chi connectivity index (χ3v) is 4.10. The highest BCUT2D eigenvalue weighted by atomic mass is 35.5. The monoisotopic (exact) mass is 390 g/mol. The zero-order chi connectivity index (χ0) is 17.9. The number of aliphatic carboxylic acids is 1. The highest BCUT2D eigenvalue weighted by Crippen LogP contribution is 2.21. The molecule has 1 amide bonds. The molecular formula is C17H24Cl2N2O4. The Balaban J connectivity index is 0.00000312. The Kier molecular flexibility index (Phi) is 7.53. The first-order chi connectivity index (χ1) is 11.2. The van der Waals surface area contributed by atoms with Gasteiger partial charge >= 0.3 is 12.1 Å². The van der Waals surface area contributed by atoms with Gasteiger partial charge in [0.15, 0.2) is 0 Å². The quantitative estimate of drug-likeness (QED) is 0.857. The second-order valence-electron chi connectivity index (χ2n) is 6.85. The van der Waals surface area contributed by atoms with Crippen molar-refractivity contribution in [2.24, 2.45) is 0 Å². The van der Waals surface area contributed by atoms with Crippen LogP contribution in [0, 0.1) is 0 Å². The maximum Gasteiger partial charge on any atom is 0.411 e. The number of carboxylic acids is 1. The molecule has 0 spiro atoms. The normalized spacial score (nSPS) is 18.4. The van der Waals surface area contributed by atoms with Crippen molar-refractivity contribution in [2.45, 2.75) is 39.0 Å². The second-order valence-corrected chi connectivity index (χ2v) is 7.26. The first-order valence-corrected chi connectivity index (χ1v) is 8.23. The van der Waals surface area contributed by atoms with Gasteiger partial charge in [0.25, 0.3) is 0 Å². The maximum atomic E-state index is 12.2. The van der Waals surface area contributed by atoms with Crippen LogP contribution in [-0.4, -0.2) is 58.2 Å². The van der Waals surface area contributed by atoms with Crippen molar-refractivity contribution in [1.82, 2.24) is 9.80 Å². The summed E-state index contributed by atoms with van der Waals surface area (Å²) in [5, 5.41) is 10.1. The average molecular weight is 391 g/mol. The van der Waals surface area contributed by atoms with E-state index in [9.17, 15) is 14.7 Å². The molecular weight excluding hydrogens is 367 g/mol. The number of piperazine rings is 1. The fourth-order valence-electron chi connectivity index (χ4n) is 2.60. The molecule has 1 N–H and O–H groups in total. The second kappa shape index (κ2) is 8.74. The van der Waals surface area contributed by atoms with E-state index >= 15 is 0 Å². The zero-order valence-electron chi connectivity index (χ0n) is 14.6. The maximum absolute atomic E-state index is 12.2. The van der Waals surface area contributed by atoms with E-state index in [2.05, 4.69) is 0 Å². The fourth-order valence-corrected chi connectivity index (χ4v) is 2.80. The van der Waals surface area contributed by atoms with Gasteiger partial charge in [-0.05, 0) is 32.4 Å². The molecule has 0 saturated carbocycles. The van der Waals surface area contributed by atoms with Crippen molar-refractivity contribution in [3.63, 3.8) is 0 Å². The Hall–Kier alpha value is -1.50. The Morgan fingerprint density at radius 1 is 1.28 bits per heavy atom. The van der Waals surface area contributed by atoms with Crippen LogP contribution in [0.1, 0.15) is 26.3 Å². The van der Waals surface area contributed by atoms with Crippen LogP contribution in [0.4, 0.5) is 4.79 Å². The van der Waals surface area contributed by atoms with Crippen molar-refractivity contribution in [1.29, 1.82) is 0 Å². The minimum Gasteiger partial charge on any atom is -0.480 e. The summed E-state index contributed by atoms with van der Waals surface area (Å²) in [4.78, 5) is 27.1. The molecule has 1 heterocycles. The smallest absolute Gasteiger partial charge is 0.411 e. The molecule has 0 radical (unpaired) electrons. The highest BCUT2D eigenvalue weighted by Gasteiger charge is 2.37. The summed E-state index contributed by atoms with van der Waals surface area (Å²) in [5.74, 6) is -1.04. The van der Waals surface area contributed by atoms with E-state index in [1.54, 1.807) is 20.8 Å². The number of carbonyl (C=O) groups excluding carboxylic acids is 1. The highest BCUT2D eigenvalue weighted by molar-refractivity contribution is 6.31. The summed E-state index contributed by atoms with van der Waals surface area (Å²) in [5.41, 5.74) is 0.281. The van der Waals surface area contributed by atoms with Crippen LogP contribution in [0.25, 0.3) is 0 Å². The van der Waals surface area contributed by atoms with Crippen LogP contribution in [0.15, 0.2) is 24.3 Å². The van der Waals surface area contributed by atoms with Gasteiger partial charge in [0.2, 0.25) is 0 Å². The molecule has 6 nitrogen and oxygen atoms in total. The first kappa shape index (κ1) is 21.5. The first-order valence-electron chi connectivity index (χ1n) is 7.85.